The van der Waals surface area contributed by atoms with E-state index >= 15 is 0 Å². The van der Waals surface area contributed by atoms with Gasteiger partial charge in [0.1, 0.15) is 5.75 Å². The van der Waals surface area contributed by atoms with Crippen molar-refractivity contribution >= 4 is 12.6 Å². The minimum atomic E-state index is 0.378. The maximum atomic E-state index is 9.29. The fourth-order valence-corrected chi connectivity index (χ4v) is 2.62. The van der Waals surface area contributed by atoms with E-state index in [9.17, 15) is 5.26 Å². The molecule has 0 aliphatic carbocycles. The molecule has 150 valence electrons. The first kappa shape index (κ1) is 20.6. The van der Waals surface area contributed by atoms with Crippen LogP contribution in [-0.4, -0.2) is 33.9 Å². The van der Waals surface area contributed by atoms with Crippen LogP contribution in [-0.2, 0) is 0 Å². The zero-order valence-electron chi connectivity index (χ0n) is 16.6. The molecule has 0 atom stereocenters. The van der Waals surface area contributed by atoms with Crippen LogP contribution in [0.25, 0.3) is 5.82 Å². The van der Waals surface area contributed by atoms with Crippen LogP contribution in [0, 0.1) is 11.3 Å². The summed E-state index contributed by atoms with van der Waals surface area (Å²) in [6.07, 6.45) is 7.40. The predicted molar refractivity (Wildman–Crippen MR) is 116 cm³/mol. The first-order valence-corrected chi connectivity index (χ1v) is 9.23. The van der Waals surface area contributed by atoms with Crippen LogP contribution in [0.1, 0.15) is 24.5 Å². The molecule has 1 aromatic carbocycles. The summed E-state index contributed by atoms with van der Waals surface area (Å²) in [6, 6.07) is 12.7. The molecule has 0 unspecified atom stereocenters. The second-order valence-electron chi connectivity index (χ2n) is 6.36. The molecular weight excluding hydrogens is 378 g/mol. The lowest BCUT2D eigenvalue weighted by Crippen LogP contribution is -2.01. The van der Waals surface area contributed by atoms with Gasteiger partial charge in [0.25, 0.3) is 0 Å². The maximum absolute atomic E-state index is 9.29. The van der Waals surface area contributed by atoms with E-state index in [-0.39, 0.29) is 0 Å². The number of rotatable bonds is 7. The van der Waals surface area contributed by atoms with Crippen molar-refractivity contribution in [3.63, 3.8) is 0 Å². The maximum Gasteiger partial charge on any atom is 0.165 e. The van der Waals surface area contributed by atoms with Gasteiger partial charge in [0.15, 0.2) is 17.4 Å². The Kier molecular flexibility index (Phi) is 6.82. The van der Waals surface area contributed by atoms with E-state index in [1.807, 2.05) is 25.1 Å². The van der Waals surface area contributed by atoms with Crippen LogP contribution in [0.4, 0.5) is 0 Å². The van der Waals surface area contributed by atoms with Gasteiger partial charge in [-0.1, -0.05) is 11.6 Å². The molecule has 0 fully saturated rings. The van der Waals surface area contributed by atoms with E-state index in [0.717, 1.165) is 12.0 Å². The van der Waals surface area contributed by atoms with Gasteiger partial charge in [-0.15, -0.1) is 0 Å². The van der Waals surface area contributed by atoms with E-state index in [2.05, 4.69) is 32.9 Å². The number of aromatic nitrogens is 3. The Morgan fingerprint density at radius 2 is 2.23 bits per heavy atom. The van der Waals surface area contributed by atoms with Crippen LogP contribution in [0.3, 0.4) is 0 Å². The highest BCUT2D eigenvalue weighted by Crippen LogP contribution is 2.28. The normalized spacial score (nSPS) is 11.8. The highest BCUT2D eigenvalue weighted by molar-refractivity contribution is 6.04. The molecule has 2 N–H and O–H groups in total. The number of ether oxygens (including phenoxy) is 1. The number of nitriles is 1. The van der Waals surface area contributed by atoms with Gasteiger partial charge < -0.3 is 10.5 Å². The summed E-state index contributed by atoms with van der Waals surface area (Å²) in [4.78, 5) is 12.7. The number of hydrogen-bond acceptors (Lipinski definition) is 6. The summed E-state index contributed by atoms with van der Waals surface area (Å²) >= 11 is 0. The van der Waals surface area contributed by atoms with Crippen molar-refractivity contribution in [2.45, 2.75) is 13.3 Å². The van der Waals surface area contributed by atoms with Crippen molar-refractivity contribution in [2.75, 3.05) is 6.54 Å². The third kappa shape index (κ3) is 5.04. The summed E-state index contributed by atoms with van der Waals surface area (Å²) in [6.45, 7) is 6.10. The Balaban J connectivity index is 1.95. The lowest BCUT2D eigenvalue weighted by molar-refractivity contribution is 0.481. The van der Waals surface area contributed by atoms with Crippen molar-refractivity contribution in [1.82, 2.24) is 14.8 Å². The second-order valence-corrected chi connectivity index (χ2v) is 6.36. The largest absolute Gasteiger partial charge is 0.453 e. The Labute approximate surface area is 174 Å². The topological polar surface area (TPSA) is 114 Å². The smallest absolute Gasteiger partial charge is 0.165 e. The molecule has 3 aromatic rings. The minimum Gasteiger partial charge on any atom is -0.453 e. The fourth-order valence-electron chi connectivity index (χ4n) is 2.62. The standard InChI is InChI=1S/C22H21N7O/c1-16(8-9-23)13-27-22(25-2)19-7-6-17(12-24)11-20(19)30-18-14-28-29(15-18)21-5-3-4-10-26-21/h3-7,10-11,13-15H,2,8-9,23H2,1H3/b16-13+,27-22?. The van der Waals surface area contributed by atoms with E-state index in [4.69, 9.17) is 10.5 Å². The van der Waals surface area contributed by atoms with Gasteiger partial charge in [0.2, 0.25) is 0 Å². The fraction of sp³-hybridized carbons (Fsp3) is 0.136. The number of pyridine rings is 1. The molecule has 8 heteroatoms. The molecule has 0 aliphatic heterocycles. The second kappa shape index (κ2) is 9.91. The molecule has 3 rings (SSSR count). The highest BCUT2D eigenvalue weighted by atomic mass is 16.5. The van der Waals surface area contributed by atoms with Crippen LogP contribution in [0.2, 0.25) is 0 Å². The third-order valence-corrected chi connectivity index (χ3v) is 4.12. The van der Waals surface area contributed by atoms with Gasteiger partial charge in [-0.05, 0) is 56.9 Å². The van der Waals surface area contributed by atoms with Crippen LogP contribution < -0.4 is 10.5 Å². The summed E-state index contributed by atoms with van der Waals surface area (Å²) in [7, 11) is 0. The van der Waals surface area contributed by atoms with Gasteiger partial charge in [-0.25, -0.2) is 19.7 Å². The monoisotopic (exact) mass is 399 g/mol. The van der Waals surface area contributed by atoms with E-state index in [1.54, 1.807) is 47.7 Å². The van der Waals surface area contributed by atoms with Gasteiger partial charge in [-0.2, -0.15) is 10.4 Å². The number of hydrogen-bond donors (Lipinski definition) is 1. The number of aliphatic imine (C=N–C) groups is 2. The molecular formula is C22H21N7O. The van der Waals surface area contributed by atoms with Gasteiger partial charge >= 0.3 is 0 Å². The van der Waals surface area contributed by atoms with E-state index in [1.165, 1.54) is 0 Å². The van der Waals surface area contributed by atoms with Crippen molar-refractivity contribution in [1.29, 1.82) is 5.26 Å². The zero-order chi connectivity index (χ0) is 21.3. The molecule has 8 nitrogen and oxygen atoms in total. The number of benzene rings is 1. The molecule has 0 aliphatic rings. The van der Waals surface area contributed by atoms with E-state index < -0.39 is 0 Å². The quantitative estimate of drug-likeness (QED) is 0.481. The average Bonchev–Trinajstić information content (AvgIpc) is 3.24. The van der Waals surface area contributed by atoms with Crippen LogP contribution in [0.15, 0.2) is 76.7 Å². The molecule has 2 aromatic heterocycles. The summed E-state index contributed by atoms with van der Waals surface area (Å²) in [5, 5.41) is 13.6. The van der Waals surface area contributed by atoms with Gasteiger partial charge in [-0.3, -0.25) is 0 Å². The summed E-state index contributed by atoms with van der Waals surface area (Å²) in [5.41, 5.74) is 7.65. The average molecular weight is 399 g/mol. The van der Waals surface area contributed by atoms with E-state index in [0.29, 0.717) is 40.8 Å². The molecule has 0 amide bonds. The Bertz CT molecular complexity index is 1120. The summed E-state index contributed by atoms with van der Waals surface area (Å²) in [5.74, 6) is 1.94. The molecule has 2 heterocycles. The molecule has 0 spiro atoms. The lowest BCUT2D eigenvalue weighted by Gasteiger charge is -2.10. The lowest BCUT2D eigenvalue weighted by atomic mass is 10.1. The van der Waals surface area contributed by atoms with Crippen molar-refractivity contribution in [3.8, 4) is 23.4 Å². The van der Waals surface area contributed by atoms with Crippen LogP contribution in [0.5, 0.6) is 11.5 Å². The van der Waals surface area contributed by atoms with Gasteiger partial charge in [0, 0.05) is 12.4 Å². The Hall–Kier alpha value is -4.09. The predicted octanol–water partition coefficient (Wildman–Crippen LogP) is 3.63. The number of nitrogens with zero attached hydrogens (tertiary/aromatic N) is 6. The number of nitrogens with two attached hydrogens (primary N) is 1. The minimum absolute atomic E-state index is 0.378. The van der Waals surface area contributed by atoms with Crippen molar-refractivity contribution in [2.24, 2.45) is 15.7 Å². The Morgan fingerprint density at radius 3 is 2.93 bits per heavy atom. The van der Waals surface area contributed by atoms with Crippen molar-refractivity contribution < 1.29 is 4.74 Å². The zero-order valence-corrected chi connectivity index (χ0v) is 16.6. The molecule has 0 bridgehead atoms. The first-order chi connectivity index (χ1) is 14.6. The Morgan fingerprint density at radius 1 is 1.37 bits per heavy atom. The molecule has 0 radical (unpaired) electrons. The molecule has 0 saturated carbocycles. The van der Waals surface area contributed by atoms with Gasteiger partial charge in [0.05, 0.1) is 29.6 Å². The SMILES string of the molecule is C=NC(=N/C=C(\C)CCN)c1ccc(C#N)cc1Oc1cnn(-c2ccccn2)c1. The molecule has 30 heavy (non-hydrogen) atoms. The molecule has 0 saturated heterocycles. The van der Waals surface area contributed by atoms with Crippen LogP contribution >= 0.6 is 0 Å². The third-order valence-electron chi connectivity index (χ3n) is 4.12. The summed E-state index contributed by atoms with van der Waals surface area (Å²) < 4.78 is 7.62. The first-order valence-electron chi connectivity index (χ1n) is 9.23. The highest BCUT2D eigenvalue weighted by Gasteiger charge is 2.13. The van der Waals surface area contributed by atoms with Crippen molar-refractivity contribution in [3.05, 3.63) is 77.9 Å². The number of amidine groups is 1.